The lowest BCUT2D eigenvalue weighted by atomic mass is 9.76. The Morgan fingerprint density at radius 3 is 1.82 bits per heavy atom. The fraction of sp³-hybridized carbons (Fsp3) is 0.0400. The topological polar surface area (TPSA) is 23.5 Å². The monoisotopic (exact) mass is 383 g/mol. The molecule has 28 heavy (non-hydrogen) atoms. The van der Waals surface area contributed by atoms with Crippen molar-refractivity contribution in [1.82, 2.24) is 0 Å². The number of aliphatic hydroxyl groups is 1. The van der Waals surface area contributed by atoms with E-state index in [4.69, 9.17) is 11.6 Å². The van der Waals surface area contributed by atoms with Gasteiger partial charge in [-0.05, 0) is 42.0 Å². The third kappa shape index (κ3) is 2.46. The molecule has 2 nitrogen and oxygen atoms in total. The van der Waals surface area contributed by atoms with E-state index >= 15 is 0 Å². The third-order valence-corrected chi connectivity index (χ3v) is 5.56. The first kappa shape index (κ1) is 17.1. The van der Waals surface area contributed by atoms with Crippen molar-refractivity contribution in [2.24, 2.45) is 0 Å². The Morgan fingerprint density at radius 2 is 1.21 bits per heavy atom. The smallest absolute Gasteiger partial charge is 0.144 e. The summed E-state index contributed by atoms with van der Waals surface area (Å²) in [5, 5.41) is 12.8. The van der Waals surface area contributed by atoms with Crippen LogP contribution in [0.5, 0.6) is 0 Å². The molecule has 0 saturated carbocycles. The third-order valence-electron chi connectivity index (χ3n) is 5.33. The predicted molar refractivity (Wildman–Crippen MR) is 115 cm³/mol. The standard InChI is InChI=1S/C25H18ClNO/c26-19-10-8-9-18(17-19)25(28)21-13-4-6-15-23(21)27(20-11-2-1-3-12-20)24-16-7-5-14-22(24)25/h1-17,28H. The number of anilines is 3. The van der Waals surface area contributed by atoms with E-state index in [1.807, 2.05) is 91.0 Å². The number of fused-ring (bicyclic) bond motifs is 2. The summed E-state index contributed by atoms with van der Waals surface area (Å²) in [6.45, 7) is 0. The summed E-state index contributed by atoms with van der Waals surface area (Å²) < 4.78 is 0. The van der Waals surface area contributed by atoms with E-state index < -0.39 is 5.60 Å². The molecule has 0 aromatic heterocycles. The van der Waals surface area contributed by atoms with E-state index in [0.717, 1.165) is 33.8 Å². The van der Waals surface area contributed by atoms with Gasteiger partial charge in [0.1, 0.15) is 5.60 Å². The highest BCUT2D eigenvalue weighted by molar-refractivity contribution is 6.30. The molecule has 0 aliphatic carbocycles. The van der Waals surface area contributed by atoms with E-state index in [9.17, 15) is 5.11 Å². The SMILES string of the molecule is OC1(c2cccc(Cl)c2)c2ccccc2N(c2ccccc2)c2ccccc21. The van der Waals surface area contributed by atoms with Crippen LogP contribution in [0.3, 0.4) is 0 Å². The predicted octanol–water partition coefficient (Wildman–Crippen LogP) is 6.41. The first-order valence-electron chi connectivity index (χ1n) is 9.22. The van der Waals surface area contributed by atoms with Crippen LogP contribution in [-0.4, -0.2) is 5.11 Å². The van der Waals surface area contributed by atoms with Gasteiger partial charge in [0.05, 0.1) is 11.4 Å². The Bertz CT molecular complexity index is 1110. The number of hydrogen-bond donors (Lipinski definition) is 1. The maximum atomic E-state index is 12.2. The Labute approximate surface area is 169 Å². The summed E-state index contributed by atoms with van der Waals surface area (Å²) >= 11 is 6.28. The molecule has 1 heterocycles. The highest BCUT2D eigenvalue weighted by Crippen LogP contribution is 2.53. The summed E-state index contributed by atoms with van der Waals surface area (Å²) in [5.74, 6) is 0. The van der Waals surface area contributed by atoms with Crippen molar-refractivity contribution >= 4 is 28.7 Å². The summed E-state index contributed by atoms with van der Waals surface area (Å²) in [4.78, 5) is 2.20. The van der Waals surface area contributed by atoms with Crippen LogP contribution >= 0.6 is 11.6 Å². The molecule has 1 aliphatic heterocycles. The normalized spacial score (nSPS) is 14.3. The molecule has 1 aliphatic rings. The quantitative estimate of drug-likeness (QED) is 0.432. The van der Waals surface area contributed by atoms with E-state index in [-0.39, 0.29) is 0 Å². The molecular formula is C25H18ClNO. The summed E-state index contributed by atoms with van der Waals surface area (Å²) in [7, 11) is 0. The second-order valence-corrected chi connectivity index (χ2v) is 7.36. The van der Waals surface area contributed by atoms with Gasteiger partial charge in [-0.25, -0.2) is 0 Å². The van der Waals surface area contributed by atoms with Crippen molar-refractivity contribution in [1.29, 1.82) is 0 Å². The minimum absolute atomic E-state index is 0.603. The van der Waals surface area contributed by atoms with Gasteiger partial charge in [-0.15, -0.1) is 0 Å². The Hall–Kier alpha value is -3.07. The largest absolute Gasteiger partial charge is 0.376 e. The molecule has 0 saturated heterocycles. The molecule has 4 aromatic carbocycles. The molecule has 3 heteroatoms. The number of benzene rings is 4. The van der Waals surface area contributed by atoms with Crippen molar-refractivity contribution in [3.8, 4) is 0 Å². The molecule has 1 N–H and O–H groups in total. The van der Waals surface area contributed by atoms with Crippen LogP contribution < -0.4 is 4.90 Å². The second kappa shape index (κ2) is 6.52. The van der Waals surface area contributed by atoms with Gasteiger partial charge in [0.2, 0.25) is 0 Å². The zero-order chi connectivity index (χ0) is 19.1. The van der Waals surface area contributed by atoms with E-state index in [0.29, 0.717) is 5.02 Å². The van der Waals surface area contributed by atoms with Crippen LogP contribution in [0.1, 0.15) is 16.7 Å². The molecule has 0 radical (unpaired) electrons. The molecule has 0 amide bonds. The molecule has 4 aromatic rings. The molecule has 0 spiro atoms. The Morgan fingerprint density at radius 1 is 0.643 bits per heavy atom. The van der Waals surface area contributed by atoms with Crippen LogP contribution in [-0.2, 0) is 5.60 Å². The molecular weight excluding hydrogens is 366 g/mol. The van der Waals surface area contributed by atoms with Gasteiger partial charge in [0.15, 0.2) is 0 Å². The number of rotatable bonds is 2. The van der Waals surface area contributed by atoms with E-state index in [2.05, 4.69) is 17.0 Å². The maximum absolute atomic E-state index is 12.2. The lowest BCUT2D eigenvalue weighted by Crippen LogP contribution is -2.36. The van der Waals surface area contributed by atoms with Crippen LogP contribution in [0.2, 0.25) is 5.02 Å². The molecule has 0 fully saturated rings. The first-order valence-corrected chi connectivity index (χ1v) is 9.60. The number of halogens is 1. The summed E-state index contributed by atoms with van der Waals surface area (Å²) in [5.41, 5.74) is 4.09. The second-order valence-electron chi connectivity index (χ2n) is 6.93. The summed E-state index contributed by atoms with van der Waals surface area (Å²) in [6, 6.07) is 33.7. The molecule has 0 bridgehead atoms. The lowest BCUT2D eigenvalue weighted by molar-refractivity contribution is 0.125. The minimum atomic E-state index is -1.29. The van der Waals surface area contributed by atoms with Crippen molar-refractivity contribution in [3.63, 3.8) is 0 Å². The average Bonchev–Trinajstić information content (AvgIpc) is 2.75. The number of para-hydroxylation sites is 3. The average molecular weight is 384 g/mol. The molecule has 136 valence electrons. The van der Waals surface area contributed by atoms with Gasteiger partial charge in [0.25, 0.3) is 0 Å². The number of nitrogens with zero attached hydrogens (tertiary/aromatic N) is 1. The Balaban J connectivity index is 1.86. The van der Waals surface area contributed by atoms with Crippen LogP contribution in [0.25, 0.3) is 0 Å². The maximum Gasteiger partial charge on any atom is 0.144 e. The van der Waals surface area contributed by atoms with Crippen molar-refractivity contribution in [3.05, 3.63) is 125 Å². The van der Waals surface area contributed by atoms with Gasteiger partial charge in [0, 0.05) is 21.8 Å². The van der Waals surface area contributed by atoms with Gasteiger partial charge >= 0.3 is 0 Å². The van der Waals surface area contributed by atoms with Crippen molar-refractivity contribution in [2.45, 2.75) is 5.60 Å². The van der Waals surface area contributed by atoms with Crippen molar-refractivity contribution < 1.29 is 5.11 Å². The zero-order valence-corrected chi connectivity index (χ0v) is 15.8. The fourth-order valence-corrected chi connectivity index (χ4v) is 4.29. The van der Waals surface area contributed by atoms with Gasteiger partial charge < -0.3 is 10.0 Å². The van der Waals surface area contributed by atoms with Gasteiger partial charge in [-0.2, -0.15) is 0 Å². The van der Waals surface area contributed by atoms with Crippen LogP contribution in [0.4, 0.5) is 17.1 Å². The minimum Gasteiger partial charge on any atom is -0.376 e. The number of hydrogen-bond acceptors (Lipinski definition) is 2. The van der Waals surface area contributed by atoms with E-state index in [1.54, 1.807) is 0 Å². The van der Waals surface area contributed by atoms with Crippen LogP contribution in [0, 0.1) is 0 Å². The fourth-order valence-electron chi connectivity index (χ4n) is 4.10. The van der Waals surface area contributed by atoms with Crippen molar-refractivity contribution in [2.75, 3.05) is 4.90 Å². The highest BCUT2D eigenvalue weighted by Gasteiger charge is 2.43. The Kier molecular flexibility index (Phi) is 3.97. The van der Waals surface area contributed by atoms with Gasteiger partial charge in [-0.1, -0.05) is 78.3 Å². The first-order chi connectivity index (χ1) is 13.7. The summed E-state index contributed by atoms with van der Waals surface area (Å²) in [6.07, 6.45) is 0. The van der Waals surface area contributed by atoms with Gasteiger partial charge in [-0.3, -0.25) is 0 Å². The molecule has 0 atom stereocenters. The lowest BCUT2D eigenvalue weighted by Gasteiger charge is -2.42. The zero-order valence-electron chi connectivity index (χ0n) is 15.1. The molecule has 0 unspecified atom stereocenters. The van der Waals surface area contributed by atoms with E-state index in [1.165, 1.54) is 0 Å². The highest BCUT2D eigenvalue weighted by atomic mass is 35.5. The van der Waals surface area contributed by atoms with Crippen LogP contribution in [0.15, 0.2) is 103 Å². The molecule has 5 rings (SSSR count).